The Labute approximate surface area is 80.7 Å². The summed E-state index contributed by atoms with van der Waals surface area (Å²) in [7, 11) is 0. The lowest BCUT2D eigenvalue weighted by atomic mass is 9.96. The number of carbonyl (C=O) groups is 1. The number of aliphatic carboxylic acids is 1. The van der Waals surface area contributed by atoms with E-state index in [0.29, 0.717) is 6.54 Å². The van der Waals surface area contributed by atoms with Crippen molar-refractivity contribution < 1.29 is 9.90 Å². The van der Waals surface area contributed by atoms with Gasteiger partial charge < -0.3 is 10.8 Å². The van der Waals surface area contributed by atoms with E-state index in [2.05, 4.69) is 10.1 Å². The second kappa shape index (κ2) is 3.28. The third-order valence-electron chi connectivity index (χ3n) is 2.44. The van der Waals surface area contributed by atoms with Crippen LogP contribution in [0.25, 0.3) is 0 Å². The maximum Gasteiger partial charge on any atom is 0.303 e. The fraction of sp³-hybridized carbons (Fsp3) is 0.625. The first-order valence-corrected chi connectivity index (χ1v) is 4.56. The minimum atomic E-state index is -0.758. The van der Waals surface area contributed by atoms with Crippen LogP contribution < -0.4 is 5.73 Å². The zero-order chi connectivity index (χ0) is 10.1. The van der Waals surface area contributed by atoms with Crippen LogP contribution in [0.5, 0.6) is 0 Å². The molecule has 2 heterocycles. The van der Waals surface area contributed by atoms with Crippen molar-refractivity contribution in [3.63, 3.8) is 0 Å². The molecule has 0 saturated heterocycles. The number of carboxylic acids is 1. The molecule has 0 radical (unpaired) electrons. The van der Waals surface area contributed by atoms with E-state index in [1.807, 2.05) is 0 Å². The van der Waals surface area contributed by atoms with Crippen LogP contribution in [0.2, 0.25) is 0 Å². The number of anilines is 1. The Morgan fingerprint density at radius 3 is 3.21 bits per heavy atom. The summed E-state index contributed by atoms with van der Waals surface area (Å²) < 4.78 is 1.71. The SMILES string of the molecule is Nc1nc2n(n1)CC(CC(=O)O)CC2. The van der Waals surface area contributed by atoms with Crippen molar-refractivity contribution in [3.8, 4) is 0 Å². The van der Waals surface area contributed by atoms with Crippen molar-refractivity contribution in [2.24, 2.45) is 5.92 Å². The predicted octanol–water partition coefficient (Wildman–Crippen LogP) is -0.103. The molecule has 0 spiro atoms. The molecule has 1 unspecified atom stereocenters. The minimum Gasteiger partial charge on any atom is -0.481 e. The largest absolute Gasteiger partial charge is 0.481 e. The van der Waals surface area contributed by atoms with Crippen molar-refractivity contribution in [3.05, 3.63) is 5.82 Å². The highest BCUT2D eigenvalue weighted by Crippen LogP contribution is 2.21. The van der Waals surface area contributed by atoms with Crippen LogP contribution in [0, 0.1) is 5.92 Å². The quantitative estimate of drug-likeness (QED) is 0.688. The number of nitrogen functional groups attached to an aromatic ring is 1. The highest BCUT2D eigenvalue weighted by atomic mass is 16.4. The molecule has 3 N–H and O–H groups in total. The first-order valence-electron chi connectivity index (χ1n) is 4.56. The molecule has 6 heteroatoms. The molecule has 1 aromatic heterocycles. The first-order chi connectivity index (χ1) is 6.65. The van der Waals surface area contributed by atoms with E-state index in [0.717, 1.165) is 18.7 Å². The molecule has 0 amide bonds. The van der Waals surface area contributed by atoms with Gasteiger partial charge in [0.2, 0.25) is 5.95 Å². The second-order valence-corrected chi connectivity index (χ2v) is 3.57. The summed E-state index contributed by atoms with van der Waals surface area (Å²) in [4.78, 5) is 14.6. The van der Waals surface area contributed by atoms with Crippen molar-refractivity contribution in [1.29, 1.82) is 0 Å². The second-order valence-electron chi connectivity index (χ2n) is 3.57. The third kappa shape index (κ3) is 1.68. The van der Waals surface area contributed by atoms with Gasteiger partial charge in [0.15, 0.2) is 0 Å². The molecule has 1 atom stereocenters. The van der Waals surface area contributed by atoms with E-state index in [9.17, 15) is 4.79 Å². The number of nitrogens with two attached hydrogens (primary N) is 1. The van der Waals surface area contributed by atoms with Gasteiger partial charge >= 0.3 is 5.97 Å². The Bertz CT molecular complexity index is 360. The third-order valence-corrected chi connectivity index (χ3v) is 2.44. The number of hydrogen-bond acceptors (Lipinski definition) is 4. The van der Waals surface area contributed by atoms with Gasteiger partial charge in [-0.15, -0.1) is 5.10 Å². The predicted molar refractivity (Wildman–Crippen MR) is 48.5 cm³/mol. The highest BCUT2D eigenvalue weighted by molar-refractivity contribution is 5.67. The fourth-order valence-corrected chi connectivity index (χ4v) is 1.81. The van der Waals surface area contributed by atoms with Crippen LogP contribution in [-0.2, 0) is 17.8 Å². The van der Waals surface area contributed by atoms with Crippen LogP contribution in [0.4, 0.5) is 5.95 Å². The lowest BCUT2D eigenvalue weighted by Gasteiger charge is -2.20. The van der Waals surface area contributed by atoms with E-state index in [-0.39, 0.29) is 18.3 Å². The molecule has 6 nitrogen and oxygen atoms in total. The summed E-state index contributed by atoms with van der Waals surface area (Å²) in [6.45, 7) is 0.617. The molecular formula is C8H12N4O2. The number of carboxylic acid groups (broad SMARTS) is 1. The maximum atomic E-state index is 10.5. The minimum absolute atomic E-state index is 0.154. The zero-order valence-electron chi connectivity index (χ0n) is 7.68. The molecule has 76 valence electrons. The molecule has 0 fully saturated rings. The van der Waals surface area contributed by atoms with E-state index in [1.165, 1.54) is 0 Å². The van der Waals surface area contributed by atoms with Gasteiger partial charge in [0.1, 0.15) is 5.82 Å². The Morgan fingerprint density at radius 2 is 2.50 bits per heavy atom. The van der Waals surface area contributed by atoms with E-state index in [1.54, 1.807) is 4.68 Å². The highest BCUT2D eigenvalue weighted by Gasteiger charge is 2.22. The Balaban J connectivity index is 2.09. The number of aromatic nitrogens is 3. The van der Waals surface area contributed by atoms with Gasteiger partial charge in [0, 0.05) is 19.4 Å². The van der Waals surface area contributed by atoms with Crippen molar-refractivity contribution in [2.75, 3.05) is 5.73 Å². The van der Waals surface area contributed by atoms with Gasteiger partial charge in [-0.05, 0) is 12.3 Å². The van der Waals surface area contributed by atoms with Gasteiger partial charge in [-0.1, -0.05) is 0 Å². The average molecular weight is 196 g/mol. The number of rotatable bonds is 2. The summed E-state index contributed by atoms with van der Waals surface area (Å²) in [5, 5.41) is 12.6. The Kier molecular flexibility index (Phi) is 2.11. The molecule has 0 aromatic carbocycles. The fourth-order valence-electron chi connectivity index (χ4n) is 1.81. The van der Waals surface area contributed by atoms with Gasteiger partial charge in [0.25, 0.3) is 0 Å². The van der Waals surface area contributed by atoms with Crippen LogP contribution >= 0.6 is 0 Å². The number of nitrogens with zero attached hydrogens (tertiary/aromatic N) is 3. The van der Waals surface area contributed by atoms with Crippen LogP contribution in [0.15, 0.2) is 0 Å². The maximum absolute atomic E-state index is 10.5. The Morgan fingerprint density at radius 1 is 1.71 bits per heavy atom. The molecular weight excluding hydrogens is 184 g/mol. The molecule has 1 aromatic rings. The molecule has 0 aliphatic carbocycles. The normalized spacial score (nSPS) is 20.4. The standard InChI is InChI=1S/C8H12N4O2/c9-8-10-6-2-1-5(3-7(13)14)4-12(6)11-8/h5H,1-4H2,(H2,9,11)(H,13,14). The first kappa shape index (κ1) is 8.98. The van der Waals surface area contributed by atoms with E-state index in [4.69, 9.17) is 10.8 Å². The van der Waals surface area contributed by atoms with Gasteiger partial charge in [0.05, 0.1) is 0 Å². The van der Waals surface area contributed by atoms with Crippen LogP contribution in [0.1, 0.15) is 18.7 Å². The van der Waals surface area contributed by atoms with Gasteiger partial charge in [-0.25, -0.2) is 4.68 Å². The molecule has 0 bridgehead atoms. The number of hydrogen-bond donors (Lipinski definition) is 2. The zero-order valence-corrected chi connectivity index (χ0v) is 7.68. The smallest absolute Gasteiger partial charge is 0.303 e. The molecule has 0 saturated carbocycles. The van der Waals surface area contributed by atoms with Crippen LogP contribution in [-0.4, -0.2) is 25.8 Å². The van der Waals surface area contributed by atoms with Crippen molar-refractivity contribution >= 4 is 11.9 Å². The number of fused-ring (bicyclic) bond motifs is 1. The lowest BCUT2D eigenvalue weighted by molar-refractivity contribution is -0.138. The lowest BCUT2D eigenvalue weighted by Crippen LogP contribution is -2.23. The summed E-state index contributed by atoms with van der Waals surface area (Å²) in [6, 6.07) is 0. The summed E-state index contributed by atoms with van der Waals surface area (Å²) in [6.07, 6.45) is 1.81. The topological polar surface area (TPSA) is 94.0 Å². The average Bonchev–Trinajstić information content (AvgIpc) is 2.42. The van der Waals surface area contributed by atoms with Crippen LogP contribution in [0.3, 0.4) is 0 Å². The number of aryl methyl sites for hydroxylation is 1. The van der Waals surface area contributed by atoms with Crippen molar-refractivity contribution in [2.45, 2.75) is 25.8 Å². The van der Waals surface area contributed by atoms with Gasteiger partial charge in [-0.2, -0.15) is 4.98 Å². The molecule has 1 aliphatic heterocycles. The van der Waals surface area contributed by atoms with Crippen molar-refractivity contribution in [1.82, 2.24) is 14.8 Å². The molecule has 2 rings (SSSR count). The summed E-state index contributed by atoms with van der Waals surface area (Å²) in [5.41, 5.74) is 5.45. The van der Waals surface area contributed by atoms with E-state index >= 15 is 0 Å². The van der Waals surface area contributed by atoms with Gasteiger partial charge in [-0.3, -0.25) is 4.79 Å². The summed E-state index contributed by atoms with van der Waals surface area (Å²) >= 11 is 0. The monoisotopic (exact) mass is 196 g/mol. The molecule has 14 heavy (non-hydrogen) atoms. The molecule has 1 aliphatic rings. The Hall–Kier alpha value is -1.59. The van der Waals surface area contributed by atoms with E-state index < -0.39 is 5.97 Å². The summed E-state index contributed by atoms with van der Waals surface area (Å²) in [5.74, 6) is 0.535.